The first-order valence-corrected chi connectivity index (χ1v) is 6.89. The zero-order valence-corrected chi connectivity index (χ0v) is 11.3. The van der Waals surface area contributed by atoms with Gasteiger partial charge >= 0.3 is 0 Å². The molecule has 6 nitrogen and oxygen atoms in total. The highest BCUT2D eigenvalue weighted by atomic mass is 16.6. The summed E-state index contributed by atoms with van der Waals surface area (Å²) in [5.41, 5.74) is 0.579. The van der Waals surface area contributed by atoms with Gasteiger partial charge in [-0.15, -0.1) is 0 Å². The van der Waals surface area contributed by atoms with E-state index in [9.17, 15) is 14.9 Å². The minimum atomic E-state index is -0.427. The van der Waals surface area contributed by atoms with Gasteiger partial charge in [-0.05, 0) is 25.8 Å². The van der Waals surface area contributed by atoms with Crippen LogP contribution in [0, 0.1) is 10.1 Å². The van der Waals surface area contributed by atoms with E-state index < -0.39 is 4.92 Å². The second kappa shape index (κ2) is 7.00. The van der Waals surface area contributed by atoms with Crippen LogP contribution in [0.15, 0.2) is 24.3 Å². The first-order chi connectivity index (χ1) is 9.66. The lowest BCUT2D eigenvalue weighted by atomic mass is 10.1. The molecule has 6 heteroatoms. The van der Waals surface area contributed by atoms with Crippen molar-refractivity contribution < 1.29 is 9.72 Å². The molecule has 1 amide bonds. The van der Waals surface area contributed by atoms with Crippen LogP contribution < -0.4 is 10.6 Å². The number of carbonyl (C=O) groups excluding carboxylic acids is 1. The van der Waals surface area contributed by atoms with Crippen LogP contribution in [0.3, 0.4) is 0 Å². The van der Waals surface area contributed by atoms with Crippen LogP contribution >= 0.6 is 0 Å². The third kappa shape index (κ3) is 4.03. The van der Waals surface area contributed by atoms with E-state index >= 15 is 0 Å². The van der Waals surface area contributed by atoms with Crippen molar-refractivity contribution >= 4 is 11.6 Å². The number of carbonyl (C=O) groups is 1. The highest BCUT2D eigenvalue weighted by Crippen LogP contribution is 2.17. The number of nitrogens with one attached hydrogen (secondary N) is 2. The highest BCUT2D eigenvalue weighted by Gasteiger charge is 2.16. The van der Waals surface area contributed by atoms with Gasteiger partial charge < -0.3 is 10.6 Å². The third-order valence-corrected chi connectivity index (χ3v) is 3.55. The Kier molecular flexibility index (Phi) is 5.06. The van der Waals surface area contributed by atoms with Crippen LogP contribution in [-0.2, 0) is 11.3 Å². The van der Waals surface area contributed by atoms with Gasteiger partial charge in [0.15, 0.2) is 0 Å². The monoisotopic (exact) mass is 277 g/mol. The van der Waals surface area contributed by atoms with Gasteiger partial charge in [0.1, 0.15) is 0 Å². The molecule has 108 valence electrons. The van der Waals surface area contributed by atoms with Crippen molar-refractivity contribution in [1.82, 2.24) is 10.6 Å². The summed E-state index contributed by atoms with van der Waals surface area (Å²) in [5.74, 6) is -0.0585. The Balaban J connectivity index is 1.79. The normalized spacial score (nSPS) is 17.9. The van der Waals surface area contributed by atoms with E-state index in [1.54, 1.807) is 18.2 Å². The number of para-hydroxylation sites is 1. The SMILES string of the molecule is O=C(CCC1CCCN1)NCc1ccccc1[N+](=O)[O-]. The molecular formula is C14H19N3O3. The van der Waals surface area contributed by atoms with Crippen molar-refractivity contribution in [2.24, 2.45) is 0 Å². The van der Waals surface area contributed by atoms with E-state index in [4.69, 9.17) is 0 Å². The summed E-state index contributed by atoms with van der Waals surface area (Å²) in [6, 6.07) is 6.90. The fourth-order valence-corrected chi connectivity index (χ4v) is 2.43. The van der Waals surface area contributed by atoms with E-state index in [1.807, 2.05) is 0 Å². The smallest absolute Gasteiger partial charge is 0.274 e. The molecule has 0 aromatic heterocycles. The molecule has 1 saturated heterocycles. The van der Waals surface area contributed by atoms with Gasteiger partial charge in [0.2, 0.25) is 5.91 Å². The van der Waals surface area contributed by atoms with Crippen molar-refractivity contribution in [3.05, 3.63) is 39.9 Å². The molecule has 1 aliphatic rings. The van der Waals surface area contributed by atoms with Crippen LogP contribution in [0.5, 0.6) is 0 Å². The molecule has 0 radical (unpaired) electrons. The van der Waals surface area contributed by atoms with Crippen molar-refractivity contribution in [3.8, 4) is 0 Å². The van der Waals surface area contributed by atoms with Crippen molar-refractivity contribution in [1.29, 1.82) is 0 Å². The molecule has 0 spiro atoms. The van der Waals surface area contributed by atoms with Crippen molar-refractivity contribution in [3.63, 3.8) is 0 Å². The Morgan fingerprint density at radius 2 is 2.25 bits per heavy atom. The minimum Gasteiger partial charge on any atom is -0.352 e. The lowest BCUT2D eigenvalue weighted by Gasteiger charge is -2.10. The summed E-state index contributed by atoms with van der Waals surface area (Å²) in [6.07, 6.45) is 3.57. The molecule has 1 heterocycles. The molecular weight excluding hydrogens is 258 g/mol. The maximum absolute atomic E-state index is 11.7. The summed E-state index contributed by atoms with van der Waals surface area (Å²) in [4.78, 5) is 22.2. The number of rotatable bonds is 6. The molecule has 0 saturated carbocycles. The minimum absolute atomic E-state index is 0.0465. The Morgan fingerprint density at radius 1 is 1.45 bits per heavy atom. The summed E-state index contributed by atoms with van der Waals surface area (Å²) in [6.45, 7) is 1.23. The van der Waals surface area contributed by atoms with Gasteiger partial charge in [-0.2, -0.15) is 0 Å². The predicted molar refractivity (Wildman–Crippen MR) is 75.2 cm³/mol. The fraction of sp³-hybridized carbons (Fsp3) is 0.500. The molecule has 2 rings (SSSR count). The van der Waals surface area contributed by atoms with Gasteiger partial charge in [0, 0.05) is 30.6 Å². The molecule has 2 N–H and O–H groups in total. The zero-order valence-electron chi connectivity index (χ0n) is 11.3. The van der Waals surface area contributed by atoms with Gasteiger partial charge in [-0.1, -0.05) is 18.2 Å². The lowest BCUT2D eigenvalue weighted by molar-refractivity contribution is -0.385. The van der Waals surface area contributed by atoms with E-state index in [2.05, 4.69) is 10.6 Å². The maximum atomic E-state index is 11.7. The number of amides is 1. The number of nitrogens with zero attached hydrogens (tertiary/aromatic N) is 1. The number of hydrogen-bond donors (Lipinski definition) is 2. The van der Waals surface area contributed by atoms with Crippen molar-refractivity contribution in [2.75, 3.05) is 6.54 Å². The Labute approximate surface area is 117 Å². The largest absolute Gasteiger partial charge is 0.352 e. The van der Waals surface area contributed by atoms with Gasteiger partial charge in [-0.25, -0.2) is 0 Å². The number of hydrogen-bond acceptors (Lipinski definition) is 4. The summed E-state index contributed by atoms with van der Waals surface area (Å²) in [7, 11) is 0. The molecule has 1 atom stereocenters. The topological polar surface area (TPSA) is 84.3 Å². The van der Waals surface area contributed by atoms with Crippen molar-refractivity contribution in [2.45, 2.75) is 38.3 Å². The van der Waals surface area contributed by atoms with Gasteiger partial charge in [-0.3, -0.25) is 14.9 Å². The van der Waals surface area contributed by atoms with Crippen LogP contribution in [0.4, 0.5) is 5.69 Å². The van der Waals surface area contributed by atoms with Crippen LogP contribution in [0.1, 0.15) is 31.2 Å². The van der Waals surface area contributed by atoms with Gasteiger partial charge in [0.25, 0.3) is 5.69 Å². The summed E-state index contributed by atoms with van der Waals surface area (Å²) in [5, 5.41) is 16.9. The number of nitro benzene ring substituents is 1. The average molecular weight is 277 g/mol. The molecule has 0 bridgehead atoms. The first-order valence-electron chi connectivity index (χ1n) is 6.89. The molecule has 1 aromatic carbocycles. The summed E-state index contributed by atoms with van der Waals surface area (Å²) < 4.78 is 0. The molecule has 1 unspecified atom stereocenters. The Bertz CT molecular complexity index is 484. The van der Waals surface area contributed by atoms with Gasteiger partial charge in [0.05, 0.1) is 4.92 Å². The third-order valence-electron chi connectivity index (χ3n) is 3.55. The van der Waals surface area contributed by atoms with E-state index in [0.717, 1.165) is 19.4 Å². The van der Waals surface area contributed by atoms with Crippen LogP contribution in [0.2, 0.25) is 0 Å². The Morgan fingerprint density at radius 3 is 2.95 bits per heavy atom. The first kappa shape index (κ1) is 14.5. The van der Waals surface area contributed by atoms with E-state index in [-0.39, 0.29) is 18.1 Å². The van der Waals surface area contributed by atoms with Crippen LogP contribution in [-0.4, -0.2) is 23.4 Å². The predicted octanol–water partition coefficient (Wildman–Crippen LogP) is 1.74. The van der Waals surface area contributed by atoms with E-state index in [0.29, 0.717) is 18.0 Å². The summed E-state index contributed by atoms with van der Waals surface area (Å²) >= 11 is 0. The lowest BCUT2D eigenvalue weighted by Crippen LogP contribution is -2.27. The van der Waals surface area contributed by atoms with Crippen LogP contribution in [0.25, 0.3) is 0 Å². The standard InChI is InChI=1S/C14H19N3O3/c18-14(8-7-12-5-3-9-15-12)16-10-11-4-1-2-6-13(11)17(19)20/h1-2,4,6,12,15H,3,5,7-10H2,(H,16,18). The Hall–Kier alpha value is -1.95. The molecule has 1 fully saturated rings. The molecule has 20 heavy (non-hydrogen) atoms. The molecule has 1 aliphatic heterocycles. The fourth-order valence-electron chi connectivity index (χ4n) is 2.43. The average Bonchev–Trinajstić information content (AvgIpc) is 2.96. The second-order valence-corrected chi connectivity index (χ2v) is 4.99. The second-order valence-electron chi connectivity index (χ2n) is 4.99. The zero-order chi connectivity index (χ0) is 14.4. The number of benzene rings is 1. The highest BCUT2D eigenvalue weighted by molar-refractivity contribution is 5.76. The number of nitro groups is 1. The maximum Gasteiger partial charge on any atom is 0.274 e. The quantitative estimate of drug-likeness (QED) is 0.613. The molecule has 0 aliphatic carbocycles. The molecule has 1 aromatic rings. The van der Waals surface area contributed by atoms with E-state index in [1.165, 1.54) is 12.5 Å².